The van der Waals surface area contributed by atoms with Crippen LogP contribution in [0, 0.1) is 0 Å². The van der Waals surface area contributed by atoms with Crippen molar-refractivity contribution >= 4 is 44.1 Å². The SMILES string of the molecule is c1ccc(-c2nc(-c3ccccc3)nc(-c3ccnc4c(-c5ccc(-c6nc7cc8oc9ccccc9c8cc7o6)cc5)ccnc34)n2)cc1. The van der Waals surface area contributed by atoms with Crippen molar-refractivity contribution in [3.63, 3.8) is 0 Å². The van der Waals surface area contributed by atoms with Gasteiger partial charge in [0.05, 0.1) is 5.52 Å². The summed E-state index contributed by atoms with van der Waals surface area (Å²) in [7, 11) is 0. The highest BCUT2D eigenvalue weighted by Gasteiger charge is 2.18. The minimum absolute atomic E-state index is 0.529. The largest absolute Gasteiger partial charge is 0.456 e. The van der Waals surface area contributed by atoms with Crippen molar-refractivity contribution in [3.8, 4) is 56.7 Å². The fourth-order valence-corrected chi connectivity index (χ4v) is 6.45. The molecule has 10 rings (SSSR count). The van der Waals surface area contributed by atoms with E-state index < -0.39 is 0 Å². The maximum atomic E-state index is 6.25. The smallest absolute Gasteiger partial charge is 0.227 e. The predicted octanol–water partition coefficient (Wildman–Crippen LogP) is 10.2. The van der Waals surface area contributed by atoms with Crippen molar-refractivity contribution < 1.29 is 8.83 Å². The first-order valence-electron chi connectivity index (χ1n) is 16.2. The molecule has 0 saturated heterocycles. The van der Waals surface area contributed by atoms with Gasteiger partial charge in [0, 0.05) is 57.0 Å². The molecule has 8 heteroatoms. The van der Waals surface area contributed by atoms with Gasteiger partial charge in [-0.3, -0.25) is 9.97 Å². The lowest BCUT2D eigenvalue weighted by Gasteiger charge is -2.11. The summed E-state index contributed by atoms with van der Waals surface area (Å²) in [4.78, 5) is 29.1. The Morgan fingerprint density at radius 1 is 0.380 bits per heavy atom. The summed E-state index contributed by atoms with van der Waals surface area (Å²) in [5.74, 6) is 2.25. The average Bonchev–Trinajstić information content (AvgIpc) is 3.77. The summed E-state index contributed by atoms with van der Waals surface area (Å²) in [6, 6.07) is 43.8. The van der Waals surface area contributed by atoms with Gasteiger partial charge in [0.2, 0.25) is 5.89 Å². The van der Waals surface area contributed by atoms with Crippen molar-refractivity contribution in [1.29, 1.82) is 0 Å². The number of pyridine rings is 2. The molecule has 234 valence electrons. The Morgan fingerprint density at radius 3 is 1.70 bits per heavy atom. The van der Waals surface area contributed by atoms with E-state index in [4.69, 9.17) is 38.7 Å². The summed E-state index contributed by atoms with van der Waals surface area (Å²) in [6.45, 7) is 0. The number of benzene rings is 5. The highest BCUT2D eigenvalue weighted by atomic mass is 16.4. The lowest BCUT2D eigenvalue weighted by Crippen LogP contribution is -2.01. The third-order valence-electron chi connectivity index (χ3n) is 8.89. The summed E-state index contributed by atoms with van der Waals surface area (Å²) in [6.07, 6.45) is 3.58. The molecule has 0 aliphatic carbocycles. The van der Waals surface area contributed by atoms with E-state index >= 15 is 0 Å². The summed E-state index contributed by atoms with van der Waals surface area (Å²) < 4.78 is 12.3. The number of furan rings is 1. The van der Waals surface area contributed by atoms with Gasteiger partial charge >= 0.3 is 0 Å². The van der Waals surface area contributed by atoms with E-state index in [1.807, 2.05) is 115 Å². The fourth-order valence-electron chi connectivity index (χ4n) is 6.45. The molecule has 0 unspecified atom stereocenters. The maximum absolute atomic E-state index is 6.25. The van der Waals surface area contributed by atoms with Crippen molar-refractivity contribution in [1.82, 2.24) is 29.9 Å². The van der Waals surface area contributed by atoms with Gasteiger partial charge in [0.25, 0.3) is 0 Å². The molecule has 0 fully saturated rings. The first-order valence-corrected chi connectivity index (χ1v) is 16.2. The highest BCUT2D eigenvalue weighted by Crippen LogP contribution is 2.36. The Morgan fingerprint density at radius 2 is 0.980 bits per heavy atom. The fraction of sp³-hybridized carbons (Fsp3) is 0. The Bertz CT molecular complexity index is 2810. The van der Waals surface area contributed by atoms with Crippen LogP contribution in [0.15, 0.2) is 155 Å². The normalized spacial score (nSPS) is 11.6. The van der Waals surface area contributed by atoms with Gasteiger partial charge in [-0.1, -0.05) is 91.0 Å². The molecule has 0 atom stereocenters. The van der Waals surface area contributed by atoms with Crippen LogP contribution in [0.5, 0.6) is 0 Å². The van der Waals surface area contributed by atoms with Gasteiger partial charge in [0.15, 0.2) is 23.1 Å². The number of fused-ring (bicyclic) bond motifs is 5. The molecule has 50 heavy (non-hydrogen) atoms. The zero-order valence-electron chi connectivity index (χ0n) is 26.4. The number of aromatic nitrogens is 6. The van der Waals surface area contributed by atoms with Crippen molar-refractivity contribution in [3.05, 3.63) is 146 Å². The number of para-hydroxylation sites is 1. The van der Waals surface area contributed by atoms with Gasteiger partial charge in [0.1, 0.15) is 22.2 Å². The van der Waals surface area contributed by atoms with E-state index in [0.717, 1.165) is 66.4 Å². The Balaban J connectivity index is 1.04. The number of nitrogens with zero attached hydrogens (tertiary/aromatic N) is 6. The summed E-state index contributed by atoms with van der Waals surface area (Å²) >= 11 is 0. The average molecular weight is 645 g/mol. The minimum Gasteiger partial charge on any atom is -0.456 e. The monoisotopic (exact) mass is 644 g/mol. The minimum atomic E-state index is 0.529. The second-order valence-electron chi connectivity index (χ2n) is 12.0. The lowest BCUT2D eigenvalue weighted by molar-refractivity contribution is 0.620. The van der Waals surface area contributed by atoms with Crippen LogP contribution < -0.4 is 0 Å². The van der Waals surface area contributed by atoms with Crippen molar-refractivity contribution in [2.45, 2.75) is 0 Å². The molecule has 0 spiro atoms. The van der Waals surface area contributed by atoms with Crippen molar-refractivity contribution in [2.24, 2.45) is 0 Å². The van der Waals surface area contributed by atoms with Crippen LogP contribution in [0.25, 0.3) is 101 Å². The quantitative estimate of drug-likeness (QED) is 0.182. The van der Waals surface area contributed by atoms with Crippen LogP contribution in [0.4, 0.5) is 0 Å². The molecule has 5 aromatic carbocycles. The molecule has 10 aromatic rings. The van der Waals surface area contributed by atoms with E-state index in [0.29, 0.717) is 34.5 Å². The molecule has 0 saturated carbocycles. The van der Waals surface area contributed by atoms with E-state index in [1.54, 1.807) is 12.4 Å². The molecule has 8 nitrogen and oxygen atoms in total. The summed E-state index contributed by atoms with van der Waals surface area (Å²) in [5.41, 5.74) is 9.91. The Labute approximate surface area is 284 Å². The third kappa shape index (κ3) is 4.70. The Kier molecular flexibility index (Phi) is 6.32. The van der Waals surface area contributed by atoms with Crippen LogP contribution in [-0.4, -0.2) is 29.9 Å². The molecular weight excluding hydrogens is 621 g/mol. The van der Waals surface area contributed by atoms with E-state index in [-0.39, 0.29) is 0 Å². The molecule has 0 amide bonds. The lowest BCUT2D eigenvalue weighted by atomic mass is 10.0. The number of hydrogen-bond acceptors (Lipinski definition) is 8. The molecule has 0 aliphatic rings. The van der Waals surface area contributed by atoms with Gasteiger partial charge in [-0.2, -0.15) is 0 Å². The third-order valence-corrected chi connectivity index (χ3v) is 8.89. The van der Waals surface area contributed by atoms with Crippen LogP contribution in [0.3, 0.4) is 0 Å². The standard InChI is InChI=1S/C42H24N6O2/c1-3-9-26(10-4-1)39-46-40(27-11-5-2-6-12-27)48-41(47-39)31-20-22-43-37-29(19-21-44-38(31)37)25-15-17-28(18-16-25)42-45-33-24-35-32(23-36(33)50-42)30-13-7-8-14-34(30)49-35/h1-24H. The second kappa shape index (κ2) is 11.3. The molecular formula is C42H24N6O2. The predicted molar refractivity (Wildman–Crippen MR) is 195 cm³/mol. The molecule has 0 N–H and O–H groups in total. The van der Waals surface area contributed by atoms with E-state index in [2.05, 4.69) is 18.2 Å². The van der Waals surface area contributed by atoms with Crippen LogP contribution in [0.2, 0.25) is 0 Å². The first-order chi connectivity index (χ1) is 24.7. The molecule has 5 heterocycles. The molecule has 0 radical (unpaired) electrons. The molecule has 0 bridgehead atoms. The van der Waals surface area contributed by atoms with Crippen LogP contribution >= 0.6 is 0 Å². The number of oxazole rings is 1. The number of hydrogen-bond donors (Lipinski definition) is 0. The van der Waals surface area contributed by atoms with Gasteiger partial charge in [-0.15, -0.1) is 0 Å². The molecule has 0 aliphatic heterocycles. The topological polar surface area (TPSA) is 104 Å². The van der Waals surface area contributed by atoms with E-state index in [1.165, 1.54) is 0 Å². The maximum Gasteiger partial charge on any atom is 0.227 e. The van der Waals surface area contributed by atoms with E-state index in [9.17, 15) is 0 Å². The van der Waals surface area contributed by atoms with Gasteiger partial charge < -0.3 is 8.83 Å². The van der Waals surface area contributed by atoms with Crippen LogP contribution in [0.1, 0.15) is 0 Å². The highest BCUT2D eigenvalue weighted by molar-refractivity contribution is 6.08. The second-order valence-corrected chi connectivity index (χ2v) is 12.0. The van der Waals surface area contributed by atoms with Gasteiger partial charge in [-0.25, -0.2) is 19.9 Å². The first kappa shape index (κ1) is 28.0. The van der Waals surface area contributed by atoms with Gasteiger partial charge in [-0.05, 0) is 42.0 Å². The number of rotatable bonds is 5. The summed E-state index contributed by atoms with van der Waals surface area (Å²) in [5, 5.41) is 2.06. The van der Waals surface area contributed by atoms with Crippen molar-refractivity contribution in [2.75, 3.05) is 0 Å². The zero-order chi connectivity index (χ0) is 33.0. The Hall–Kier alpha value is -7.06. The zero-order valence-corrected chi connectivity index (χ0v) is 26.4. The molecule has 5 aromatic heterocycles. The van der Waals surface area contributed by atoms with Crippen LogP contribution in [-0.2, 0) is 0 Å².